The van der Waals surface area contributed by atoms with Crippen molar-refractivity contribution in [1.82, 2.24) is 9.80 Å². The minimum Gasteiger partial charge on any atom is -0.494 e. The van der Waals surface area contributed by atoms with Crippen LogP contribution in [-0.4, -0.2) is 55.0 Å². The molecule has 0 N–H and O–H groups in total. The molecule has 0 saturated carbocycles. The van der Waals surface area contributed by atoms with Crippen LogP contribution in [0.25, 0.3) is 0 Å². The summed E-state index contributed by atoms with van der Waals surface area (Å²) in [7, 11) is 1.39. The van der Waals surface area contributed by atoms with Crippen molar-refractivity contribution < 1.29 is 23.5 Å². The van der Waals surface area contributed by atoms with Crippen molar-refractivity contribution >= 4 is 11.8 Å². The molecule has 2 aliphatic heterocycles. The van der Waals surface area contributed by atoms with Crippen molar-refractivity contribution in [3.05, 3.63) is 58.9 Å². The van der Waals surface area contributed by atoms with Gasteiger partial charge in [-0.15, -0.1) is 0 Å². The van der Waals surface area contributed by atoms with Crippen molar-refractivity contribution in [2.45, 2.75) is 32.2 Å². The van der Waals surface area contributed by atoms with Gasteiger partial charge in [0, 0.05) is 37.2 Å². The molecule has 0 radical (unpaired) electrons. The first-order valence-electron chi connectivity index (χ1n) is 10.7. The van der Waals surface area contributed by atoms with Gasteiger partial charge in [-0.05, 0) is 49.1 Å². The normalized spacial score (nSPS) is 15.8. The van der Waals surface area contributed by atoms with Crippen molar-refractivity contribution in [2.24, 2.45) is 0 Å². The summed E-state index contributed by atoms with van der Waals surface area (Å²) in [5, 5.41) is 0. The van der Waals surface area contributed by atoms with Gasteiger partial charge in [0.25, 0.3) is 5.91 Å². The molecule has 2 aromatic carbocycles. The Balaban J connectivity index is 1.45. The van der Waals surface area contributed by atoms with Crippen LogP contribution < -0.4 is 9.47 Å². The van der Waals surface area contributed by atoms with E-state index in [-0.39, 0.29) is 23.1 Å². The first-order valence-corrected chi connectivity index (χ1v) is 10.7. The van der Waals surface area contributed by atoms with Gasteiger partial charge in [0.1, 0.15) is 12.4 Å². The van der Waals surface area contributed by atoms with Gasteiger partial charge in [-0.2, -0.15) is 0 Å². The molecule has 0 spiro atoms. The Kier molecular flexibility index (Phi) is 6.39. The summed E-state index contributed by atoms with van der Waals surface area (Å²) in [6, 6.07) is 10.1. The van der Waals surface area contributed by atoms with E-state index in [4.69, 9.17) is 9.47 Å². The van der Waals surface area contributed by atoms with Crippen LogP contribution in [0.15, 0.2) is 36.4 Å². The summed E-state index contributed by atoms with van der Waals surface area (Å²) in [6.45, 7) is 2.86. The SMILES string of the molecule is COc1ccc(C(=O)N2CCOc3ccc(CCC(=O)N4CCCC4)cc3C2)cc1F. The van der Waals surface area contributed by atoms with Crippen LogP contribution in [0.5, 0.6) is 11.5 Å². The highest BCUT2D eigenvalue weighted by molar-refractivity contribution is 5.94. The molecule has 0 atom stereocenters. The molecule has 0 unspecified atom stereocenters. The number of methoxy groups -OCH3 is 1. The number of nitrogens with zero attached hydrogens (tertiary/aromatic N) is 2. The van der Waals surface area contributed by atoms with E-state index in [1.807, 2.05) is 23.1 Å². The molecule has 164 valence electrons. The molecule has 2 aliphatic rings. The maximum atomic E-state index is 14.1. The third-order valence-corrected chi connectivity index (χ3v) is 5.88. The van der Waals surface area contributed by atoms with Crippen LogP contribution in [0.4, 0.5) is 4.39 Å². The predicted molar refractivity (Wildman–Crippen MR) is 114 cm³/mol. The van der Waals surface area contributed by atoms with E-state index in [1.54, 1.807) is 11.0 Å². The molecule has 7 heteroatoms. The van der Waals surface area contributed by atoms with E-state index in [9.17, 15) is 14.0 Å². The van der Waals surface area contributed by atoms with Gasteiger partial charge in [0.2, 0.25) is 5.91 Å². The largest absolute Gasteiger partial charge is 0.494 e. The molecule has 0 bridgehead atoms. The first kappa shape index (κ1) is 21.2. The number of likely N-dealkylation sites (tertiary alicyclic amines) is 1. The smallest absolute Gasteiger partial charge is 0.254 e. The van der Waals surface area contributed by atoms with Gasteiger partial charge in [0.05, 0.1) is 13.7 Å². The van der Waals surface area contributed by atoms with Gasteiger partial charge in [-0.25, -0.2) is 4.39 Å². The van der Waals surface area contributed by atoms with E-state index in [1.165, 1.54) is 19.2 Å². The molecule has 0 aliphatic carbocycles. The number of benzene rings is 2. The third-order valence-electron chi connectivity index (χ3n) is 5.88. The average molecular weight is 426 g/mol. The zero-order valence-electron chi connectivity index (χ0n) is 17.7. The molecule has 2 heterocycles. The maximum absolute atomic E-state index is 14.1. The van der Waals surface area contributed by atoms with Crippen LogP contribution in [-0.2, 0) is 17.8 Å². The summed E-state index contributed by atoms with van der Waals surface area (Å²) in [5.74, 6) is 0.222. The second-order valence-corrected chi connectivity index (χ2v) is 7.95. The van der Waals surface area contributed by atoms with E-state index in [0.29, 0.717) is 32.5 Å². The fourth-order valence-corrected chi connectivity index (χ4v) is 4.13. The topological polar surface area (TPSA) is 59.1 Å². The number of hydrogen-bond acceptors (Lipinski definition) is 4. The van der Waals surface area contributed by atoms with E-state index < -0.39 is 5.82 Å². The second-order valence-electron chi connectivity index (χ2n) is 7.95. The molecular weight excluding hydrogens is 399 g/mol. The lowest BCUT2D eigenvalue weighted by Gasteiger charge is -2.20. The van der Waals surface area contributed by atoms with Crippen molar-refractivity contribution in [3.8, 4) is 11.5 Å². The molecule has 2 amide bonds. The Hall–Kier alpha value is -3.09. The molecule has 6 nitrogen and oxygen atoms in total. The summed E-state index contributed by atoms with van der Waals surface area (Å²) >= 11 is 0. The average Bonchev–Trinajstić information content (AvgIpc) is 3.24. The zero-order chi connectivity index (χ0) is 21.8. The van der Waals surface area contributed by atoms with Crippen molar-refractivity contribution in [3.63, 3.8) is 0 Å². The van der Waals surface area contributed by atoms with Crippen molar-refractivity contribution in [1.29, 1.82) is 0 Å². The number of fused-ring (bicyclic) bond motifs is 1. The lowest BCUT2D eigenvalue weighted by Crippen LogP contribution is -2.32. The highest BCUT2D eigenvalue weighted by atomic mass is 19.1. The van der Waals surface area contributed by atoms with Crippen LogP contribution >= 0.6 is 0 Å². The highest BCUT2D eigenvalue weighted by Gasteiger charge is 2.23. The number of carbonyl (C=O) groups is 2. The minimum absolute atomic E-state index is 0.106. The van der Waals surface area contributed by atoms with Gasteiger partial charge in [0.15, 0.2) is 11.6 Å². The Bertz CT molecular complexity index is 972. The second kappa shape index (κ2) is 9.37. The van der Waals surface area contributed by atoms with Gasteiger partial charge < -0.3 is 19.3 Å². The summed E-state index contributed by atoms with van der Waals surface area (Å²) in [4.78, 5) is 28.9. The van der Waals surface area contributed by atoms with Gasteiger partial charge >= 0.3 is 0 Å². The van der Waals surface area contributed by atoms with E-state index in [2.05, 4.69) is 0 Å². The standard InChI is InChI=1S/C24H27FN2O4/c1-30-22-8-6-18(15-20(22)25)24(29)27-12-13-31-21-7-4-17(14-19(21)16-27)5-9-23(28)26-10-2-3-11-26/h4,6-8,14-15H,2-3,5,9-13,16H2,1H3. The van der Waals surface area contributed by atoms with Crippen LogP contribution in [0.3, 0.4) is 0 Å². The summed E-state index contributed by atoms with van der Waals surface area (Å²) in [6.07, 6.45) is 3.31. The molecule has 4 rings (SSSR count). The third kappa shape index (κ3) is 4.81. The molecular formula is C24H27FN2O4. The number of amides is 2. The lowest BCUT2D eigenvalue weighted by atomic mass is 10.0. The van der Waals surface area contributed by atoms with Gasteiger partial charge in [-0.1, -0.05) is 12.1 Å². The highest BCUT2D eigenvalue weighted by Crippen LogP contribution is 2.27. The monoisotopic (exact) mass is 426 g/mol. The molecule has 2 aromatic rings. The Morgan fingerprint density at radius 3 is 2.61 bits per heavy atom. The Labute approximate surface area is 181 Å². The van der Waals surface area contributed by atoms with E-state index >= 15 is 0 Å². The fourth-order valence-electron chi connectivity index (χ4n) is 4.13. The van der Waals surface area contributed by atoms with Crippen LogP contribution in [0, 0.1) is 5.82 Å². The van der Waals surface area contributed by atoms with Gasteiger partial charge in [-0.3, -0.25) is 9.59 Å². The van der Waals surface area contributed by atoms with Crippen LogP contribution in [0.2, 0.25) is 0 Å². The minimum atomic E-state index is -0.565. The first-order chi connectivity index (χ1) is 15.0. The zero-order valence-corrected chi connectivity index (χ0v) is 17.7. The number of carbonyl (C=O) groups excluding carboxylic acids is 2. The predicted octanol–water partition coefficient (Wildman–Crippen LogP) is 3.42. The number of rotatable bonds is 5. The lowest BCUT2D eigenvalue weighted by molar-refractivity contribution is -0.130. The number of ether oxygens (including phenoxy) is 2. The molecule has 1 saturated heterocycles. The summed E-state index contributed by atoms with van der Waals surface area (Å²) in [5.41, 5.74) is 2.21. The summed E-state index contributed by atoms with van der Waals surface area (Å²) < 4.78 is 24.8. The number of halogens is 1. The molecule has 1 fully saturated rings. The molecule has 0 aromatic heterocycles. The fraction of sp³-hybridized carbons (Fsp3) is 0.417. The quantitative estimate of drug-likeness (QED) is 0.735. The number of hydrogen-bond donors (Lipinski definition) is 0. The molecule has 31 heavy (non-hydrogen) atoms. The van der Waals surface area contributed by atoms with Crippen LogP contribution in [0.1, 0.15) is 40.7 Å². The Morgan fingerprint density at radius 2 is 1.87 bits per heavy atom. The number of aryl methyl sites for hydroxylation is 1. The Morgan fingerprint density at radius 1 is 1.06 bits per heavy atom. The maximum Gasteiger partial charge on any atom is 0.254 e. The van der Waals surface area contributed by atoms with Crippen molar-refractivity contribution in [2.75, 3.05) is 33.4 Å². The van der Waals surface area contributed by atoms with E-state index in [0.717, 1.165) is 42.8 Å².